The average Bonchev–Trinajstić information content (AvgIpc) is 3.17. The summed E-state index contributed by atoms with van der Waals surface area (Å²) in [6, 6.07) is 16.3. The third kappa shape index (κ3) is 3.11. The quantitative estimate of drug-likeness (QED) is 0.335. The van der Waals surface area contributed by atoms with Crippen LogP contribution in [-0.2, 0) is 12.8 Å². The first kappa shape index (κ1) is 21.9. The molecule has 0 fully saturated rings. The number of rotatable bonds is 1. The van der Waals surface area contributed by atoms with Crippen LogP contribution in [0.2, 0.25) is 0 Å². The average molecular weight is 473 g/mol. The molecule has 7 heteroatoms. The van der Waals surface area contributed by atoms with Crippen molar-refractivity contribution >= 4 is 46.4 Å². The Kier molecular flexibility index (Phi) is 5.64. The minimum Gasteiger partial charge on any atom is -0.504 e. The van der Waals surface area contributed by atoms with Crippen molar-refractivity contribution in [2.45, 2.75) is 18.9 Å². The number of phenols is 2. The van der Waals surface area contributed by atoms with Crippen LogP contribution >= 0.6 is 36.3 Å². The van der Waals surface area contributed by atoms with E-state index in [0.717, 1.165) is 52.7 Å². The van der Waals surface area contributed by atoms with Crippen LogP contribution in [-0.4, -0.2) is 33.1 Å². The lowest BCUT2D eigenvalue weighted by Gasteiger charge is -2.40. The monoisotopic (exact) mass is 472 g/mol. The minimum atomic E-state index is -0.0630. The molecule has 2 aliphatic rings. The second-order valence-corrected chi connectivity index (χ2v) is 8.78. The van der Waals surface area contributed by atoms with Gasteiger partial charge in [-0.25, -0.2) is 0 Å². The maximum Gasteiger partial charge on any atom is 0.165 e. The Bertz CT molecular complexity index is 1290. The minimum absolute atomic E-state index is 0. The van der Waals surface area contributed by atoms with E-state index in [1.165, 1.54) is 15.8 Å². The Morgan fingerprint density at radius 1 is 1.06 bits per heavy atom. The normalized spacial score (nSPS) is 16.7. The zero-order valence-corrected chi connectivity index (χ0v) is 19.3. The van der Waals surface area contributed by atoms with E-state index < -0.39 is 0 Å². The molecule has 0 unspecified atom stereocenters. The summed E-state index contributed by atoms with van der Waals surface area (Å²) in [5.41, 5.74) is 7.65. The first-order chi connectivity index (χ1) is 14.1. The molecular formula is C24H22Cl2N2O2S. The van der Waals surface area contributed by atoms with Crippen LogP contribution in [0.3, 0.4) is 0 Å². The molecule has 0 spiro atoms. The lowest BCUT2D eigenvalue weighted by Crippen LogP contribution is -2.35. The molecule has 0 bridgehead atoms. The van der Waals surface area contributed by atoms with Gasteiger partial charge in [-0.05, 0) is 65.8 Å². The van der Waals surface area contributed by atoms with Crippen LogP contribution in [0.4, 0.5) is 0 Å². The number of benzene rings is 3. The molecule has 2 heterocycles. The Labute approximate surface area is 197 Å². The van der Waals surface area contributed by atoms with Gasteiger partial charge in [-0.1, -0.05) is 36.4 Å². The molecule has 1 aliphatic heterocycles. The van der Waals surface area contributed by atoms with Crippen molar-refractivity contribution in [1.29, 1.82) is 0 Å². The van der Waals surface area contributed by atoms with Crippen LogP contribution in [0.1, 0.15) is 22.7 Å². The first-order valence-electron chi connectivity index (χ1n) is 9.88. The third-order valence-electron chi connectivity index (χ3n) is 6.46. The smallest absolute Gasteiger partial charge is 0.165 e. The molecule has 0 saturated carbocycles. The molecule has 3 aromatic carbocycles. The number of hydrogen-bond donors (Lipinski definition) is 2. The van der Waals surface area contributed by atoms with Crippen molar-refractivity contribution in [2.75, 3.05) is 13.6 Å². The SMILES string of the molecule is CN1CCc2c3c(cc4c(-c5ccccc5)nsc24)-c2c(ccc(O)c2O)C[C@H]31.Cl.Cl. The molecule has 0 radical (unpaired) electrons. The highest BCUT2D eigenvalue weighted by Gasteiger charge is 2.36. The molecule has 0 amide bonds. The van der Waals surface area contributed by atoms with Crippen molar-refractivity contribution in [2.24, 2.45) is 0 Å². The standard InChI is InChI=1S/C24H20N2O2S.2ClH/c1-26-10-9-15-21-16(20-14(11-18(21)26)7-8-19(27)23(20)28)12-17-22(25-29-24(15)17)13-5-3-2-4-6-13;;/h2-8,12,18,27-28H,9-11H2,1H3;2*1H/t18-;;/m1../s1. The molecule has 160 valence electrons. The Morgan fingerprint density at radius 2 is 1.84 bits per heavy atom. The fraction of sp³-hybridized carbons (Fsp3) is 0.208. The number of nitrogens with zero attached hydrogens (tertiary/aromatic N) is 2. The van der Waals surface area contributed by atoms with Gasteiger partial charge in [0.25, 0.3) is 0 Å². The number of likely N-dealkylation sites (N-methyl/N-ethyl adjacent to an activating group) is 1. The van der Waals surface area contributed by atoms with Crippen molar-refractivity contribution in [3.63, 3.8) is 0 Å². The van der Waals surface area contributed by atoms with Gasteiger partial charge in [0, 0.05) is 29.1 Å². The summed E-state index contributed by atoms with van der Waals surface area (Å²) in [6.45, 7) is 1.01. The molecule has 31 heavy (non-hydrogen) atoms. The van der Waals surface area contributed by atoms with Gasteiger partial charge in [0.1, 0.15) is 0 Å². The Morgan fingerprint density at radius 3 is 2.61 bits per heavy atom. The summed E-state index contributed by atoms with van der Waals surface area (Å²) in [5.74, 6) is -0.0767. The zero-order chi connectivity index (χ0) is 19.7. The summed E-state index contributed by atoms with van der Waals surface area (Å²) in [7, 11) is 2.18. The summed E-state index contributed by atoms with van der Waals surface area (Å²) < 4.78 is 6.08. The van der Waals surface area contributed by atoms with Gasteiger partial charge in [0.15, 0.2) is 11.5 Å². The summed E-state index contributed by atoms with van der Waals surface area (Å²) in [6.07, 6.45) is 1.81. The van der Waals surface area contributed by atoms with Gasteiger partial charge in [-0.2, -0.15) is 4.37 Å². The number of phenolic OH excluding ortho intramolecular Hbond substituents is 2. The lowest BCUT2D eigenvalue weighted by molar-refractivity contribution is 0.229. The number of hydrogen-bond acceptors (Lipinski definition) is 5. The molecule has 4 nitrogen and oxygen atoms in total. The predicted octanol–water partition coefficient (Wildman–Crippen LogP) is 5.97. The molecule has 6 rings (SSSR count). The van der Waals surface area contributed by atoms with Crippen molar-refractivity contribution in [3.8, 4) is 33.9 Å². The summed E-state index contributed by atoms with van der Waals surface area (Å²) in [4.78, 5) is 2.41. The lowest BCUT2D eigenvalue weighted by atomic mass is 9.76. The van der Waals surface area contributed by atoms with E-state index in [1.54, 1.807) is 17.6 Å². The fourth-order valence-corrected chi connectivity index (χ4v) is 5.98. The number of aromatic nitrogens is 1. The second-order valence-electron chi connectivity index (χ2n) is 8.01. The third-order valence-corrected chi connectivity index (χ3v) is 7.38. The van der Waals surface area contributed by atoms with E-state index in [-0.39, 0.29) is 42.4 Å². The molecular weight excluding hydrogens is 451 g/mol. The molecule has 1 aromatic heterocycles. The maximum atomic E-state index is 10.8. The van der Waals surface area contributed by atoms with Gasteiger partial charge in [0.2, 0.25) is 0 Å². The van der Waals surface area contributed by atoms with Crippen LogP contribution < -0.4 is 0 Å². The van der Waals surface area contributed by atoms with E-state index in [2.05, 4.69) is 30.1 Å². The van der Waals surface area contributed by atoms with E-state index >= 15 is 0 Å². The predicted molar refractivity (Wildman–Crippen MR) is 131 cm³/mol. The fourth-order valence-electron chi connectivity index (χ4n) is 5.02. The number of aromatic hydroxyl groups is 2. The van der Waals surface area contributed by atoms with Crippen LogP contribution in [0.15, 0.2) is 48.5 Å². The van der Waals surface area contributed by atoms with Crippen LogP contribution in [0, 0.1) is 0 Å². The van der Waals surface area contributed by atoms with Gasteiger partial charge in [0.05, 0.1) is 10.4 Å². The molecule has 1 atom stereocenters. The zero-order valence-electron chi connectivity index (χ0n) is 16.8. The number of fused-ring (bicyclic) bond motifs is 4. The van der Waals surface area contributed by atoms with E-state index in [9.17, 15) is 10.2 Å². The highest BCUT2D eigenvalue weighted by atomic mass is 35.5. The largest absolute Gasteiger partial charge is 0.504 e. The Hall–Kier alpha value is -2.31. The molecule has 0 saturated heterocycles. The topological polar surface area (TPSA) is 56.6 Å². The molecule has 2 N–H and O–H groups in total. The van der Waals surface area contributed by atoms with Gasteiger partial charge in [-0.15, -0.1) is 24.8 Å². The van der Waals surface area contributed by atoms with E-state index in [4.69, 9.17) is 4.37 Å². The van der Waals surface area contributed by atoms with Crippen molar-refractivity contribution in [1.82, 2.24) is 9.27 Å². The van der Waals surface area contributed by atoms with Crippen LogP contribution in [0.5, 0.6) is 11.5 Å². The summed E-state index contributed by atoms with van der Waals surface area (Å²) >= 11 is 1.58. The first-order valence-corrected chi connectivity index (χ1v) is 10.7. The molecule has 4 aromatic rings. The van der Waals surface area contributed by atoms with Crippen molar-refractivity contribution in [3.05, 3.63) is 65.2 Å². The van der Waals surface area contributed by atoms with Crippen LogP contribution in [0.25, 0.3) is 32.5 Å². The highest BCUT2D eigenvalue weighted by Crippen LogP contribution is 2.53. The van der Waals surface area contributed by atoms with Gasteiger partial charge < -0.3 is 10.2 Å². The molecule has 1 aliphatic carbocycles. The van der Waals surface area contributed by atoms with Gasteiger partial charge in [-0.3, -0.25) is 4.90 Å². The van der Waals surface area contributed by atoms with E-state index in [0.29, 0.717) is 0 Å². The maximum absolute atomic E-state index is 10.8. The highest BCUT2D eigenvalue weighted by molar-refractivity contribution is 7.14. The Balaban J connectivity index is 0.00000116. The number of halogens is 2. The van der Waals surface area contributed by atoms with Crippen molar-refractivity contribution < 1.29 is 10.2 Å². The van der Waals surface area contributed by atoms with E-state index in [1.807, 2.05) is 24.3 Å². The van der Waals surface area contributed by atoms with Gasteiger partial charge >= 0.3 is 0 Å². The summed E-state index contributed by atoms with van der Waals surface area (Å²) in [5, 5.41) is 22.1. The second kappa shape index (κ2) is 7.99.